The molecule has 1 amide bonds. The molecule has 0 saturated carbocycles. The second-order valence-electron chi connectivity index (χ2n) is 5.24. The normalized spacial score (nSPS) is 17.0. The number of halogens is 2. The van der Waals surface area contributed by atoms with Crippen molar-refractivity contribution < 1.29 is 14.6 Å². The van der Waals surface area contributed by atoms with Crippen molar-refractivity contribution in [2.45, 2.75) is 6.92 Å². The summed E-state index contributed by atoms with van der Waals surface area (Å²) in [7, 11) is 0. The number of carbonyl (C=O) groups is 1. The Kier molecular flexibility index (Phi) is 6.10. The van der Waals surface area contributed by atoms with Gasteiger partial charge in [0, 0.05) is 5.02 Å². The van der Waals surface area contributed by atoms with Crippen molar-refractivity contribution in [3.8, 4) is 11.5 Å². The minimum Gasteiger partial charge on any atom is -0.504 e. The summed E-state index contributed by atoms with van der Waals surface area (Å²) in [6.45, 7) is 2.28. The van der Waals surface area contributed by atoms with Crippen molar-refractivity contribution in [1.29, 1.82) is 0 Å². The Morgan fingerprint density at radius 1 is 1.38 bits per heavy atom. The second-order valence-corrected chi connectivity index (χ2v) is 7.87. The topological polar surface area (TPSA) is 70.9 Å². The molecule has 0 aromatic heterocycles. The van der Waals surface area contributed by atoms with Gasteiger partial charge in [0.15, 0.2) is 16.7 Å². The third kappa shape index (κ3) is 4.52. The first-order valence-electron chi connectivity index (χ1n) is 7.66. The molecule has 5 nitrogen and oxygen atoms in total. The van der Waals surface area contributed by atoms with E-state index in [0.29, 0.717) is 36.7 Å². The molecule has 1 aliphatic heterocycles. The average molecular weight is 501 g/mol. The SMILES string of the molecule is CCOc1cc(/C=C2/SC(=Nc3cccc(Cl)c3)NC2=O)cc(I)c1O. The molecule has 26 heavy (non-hydrogen) atoms. The molecule has 1 saturated heterocycles. The molecule has 1 fully saturated rings. The standard InChI is InChI=1S/C18H14ClIN2O3S/c1-2-25-14-7-10(6-13(20)16(14)23)8-15-17(24)22-18(26-15)21-12-5-3-4-11(19)9-12/h3-9,23H,2H2,1H3,(H,21,22,24)/b15-8+. The van der Waals surface area contributed by atoms with Gasteiger partial charge in [-0.1, -0.05) is 17.7 Å². The number of hydrogen-bond acceptors (Lipinski definition) is 5. The van der Waals surface area contributed by atoms with Crippen molar-refractivity contribution in [2.24, 2.45) is 4.99 Å². The first kappa shape index (κ1) is 19.1. The minimum atomic E-state index is -0.225. The monoisotopic (exact) mass is 500 g/mol. The van der Waals surface area contributed by atoms with Crippen molar-refractivity contribution >= 4 is 68.8 Å². The Balaban J connectivity index is 1.87. The van der Waals surface area contributed by atoms with Gasteiger partial charge in [-0.25, -0.2) is 4.99 Å². The number of aromatic hydroxyl groups is 1. The molecule has 0 aliphatic carbocycles. The molecule has 0 radical (unpaired) electrons. The summed E-state index contributed by atoms with van der Waals surface area (Å²) in [5.74, 6) is 0.264. The maximum Gasteiger partial charge on any atom is 0.264 e. The molecule has 0 unspecified atom stereocenters. The Morgan fingerprint density at radius 3 is 2.92 bits per heavy atom. The van der Waals surface area contributed by atoms with Crippen LogP contribution in [0.5, 0.6) is 11.5 Å². The molecule has 0 bridgehead atoms. The molecule has 2 aromatic carbocycles. The lowest BCUT2D eigenvalue weighted by Crippen LogP contribution is -2.19. The van der Waals surface area contributed by atoms with E-state index < -0.39 is 0 Å². The Hall–Kier alpha value is -1.71. The molecule has 1 heterocycles. The van der Waals surface area contributed by atoms with Crippen LogP contribution in [0.4, 0.5) is 5.69 Å². The number of amidine groups is 1. The molecular formula is C18H14ClIN2O3S. The van der Waals surface area contributed by atoms with Crippen LogP contribution < -0.4 is 10.1 Å². The van der Waals surface area contributed by atoms with E-state index in [1.54, 1.807) is 36.4 Å². The first-order chi connectivity index (χ1) is 12.5. The zero-order chi connectivity index (χ0) is 18.7. The fourth-order valence-corrected chi connectivity index (χ4v) is 3.89. The van der Waals surface area contributed by atoms with Crippen molar-refractivity contribution in [3.63, 3.8) is 0 Å². The number of ether oxygens (including phenoxy) is 1. The van der Waals surface area contributed by atoms with E-state index in [1.807, 2.05) is 35.6 Å². The van der Waals surface area contributed by atoms with E-state index in [4.69, 9.17) is 16.3 Å². The highest BCUT2D eigenvalue weighted by Crippen LogP contribution is 2.35. The highest BCUT2D eigenvalue weighted by molar-refractivity contribution is 14.1. The number of nitrogens with one attached hydrogen (secondary N) is 1. The fraction of sp³-hybridized carbons (Fsp3) is 0.111. The predicted molar refractivity (Wildman–Crippen MR) is 114 cm³/mol. The lowest BCUT2D eigenvalue weighted by molar-refractivity contribution is -0.115. The van der Waals surface area contributed by atoms with Crippen LogP contribution in [0.1, 0.15) is 12.5 Å². The smallest absolute Gasteiger partial charge is 0.264 e. The van der Waals surface area contributed by atoms with Crippen LogP contribution in [-0.4, -0.2) is 22.8 Å². The molecule has 3 rings (SSSR count). The van der Waals surface area contributed by atoms with Crippen LogP contribution in [0, 0.1) is 3.57 Å². The van der Waals surface area contributed by atoms with E-state index in [1.165, 1.54) is 11.8 Å². The molecule has 2 N–H and O–H groups in total. The molecule has 2 aromatic rings. The summed E-state index contributed by atoms with van der Waals surface area (Å²) >= 11 is 9.23. The van der Waals surface area contributed by atoms with Gasteiger partial charge in [-0.05, 0) is 83.2 Å². The van der Waals surface area contributed by atoms with E-state index in [-0.39, 0.29) is 11.7 Å². The number of hydrogen-bond donors (Lipinski definition) is 2. The molecular weight excluding hydrogens is 487 g/mol. The highest BCUT2D eigenvalue weighted by Gasteiger charge is 2.24. The number of phenolic OH excluding ortho intramolecular Hbond substituents is 1. The minimum absolute atomic E-state index is 0.0985. The zero-order valence-electron chi connectivity index (χ0n) is 13.6. The van der Waals surface area contributed by atoms with Crippen molar-refractivity contribution in [2.75, 3.05) is 6.61 Å². The summed E-state index contributed by atoms with van der Waals surface area (Å²) in [6.07, 6.45) is 1.74. The number of carbonyl (C=O) groups excluding carboxylic acids is 1. The van der Waals surface area contributed by atoms with Gasteiger partial charge in [0.25, 0.3) is 5.91 Å². The average Bonchev–Trinajstić information content (AvgIpc) is 2.91. The van der Waals surface area contributed by atoms with Gasteiger partial charge < -0.3 is 15.2 Å². The molecule has 0 spiro atoms. The van der Waals surface area contributed by atoms with E-state index in [0.717, 1.165) is 5.56 Å². The van der Waals surface area contributed by atoms with Gasteiger partial charge in [-0.15, -0.1) is 0 Å². The van der Waals surface area contributed by atoms with E-state index in [9.17, 15) is 9.90 Å². The third-order valence-corrected chi connectivity index (χ3v) is 5.31. The second kappa shape index (κ2) is 8.32. The van der Waals surface area contributed by atoms with Crippen LogP contribution >= 0.6 is 46.0 Å². The van der Waals surface area contributed by atoms with Crippen LogP contribution in [0.15, 0.2) is 46.3 Å². The first-order valence-corrected chi connectivity index (χ1v) is 9.94. The number of thioether (sulfide) groups is 1. The number of aliphatic imine (C=N–C) groups is 1. The fourth-order valence-electron chi connectivity index (χ4n) is 2.24. The molecule has 134 valence electrons. The number of rotatable bonds is 4. The van der Waals surface area contributed by atoms with Crippen LogP contribution in [-0.2, 0) is 4.79 Å². The maximum absolute atomic E-state index is 12.2. The zero-order valence-corrected chi connectivity index (χ0v) is 17.4. The molecule has 1 aliphatic rings. The Morgan fingerprint density at radius 2 is 2.19 bits per heavy atom. The lowest BCUT2D eigenvalue weighted by Gasteiger charge is -2.08. The summed E-state index contributed by atoms with van der Waals surface area (Å²) in [6, 6.07) is 10.6. The summed E-state index contributed by atoms with van der Waals surface area (Å²) in [4.78, 5) is 17.1. The van der Waals surface area contributed by atoms with Crippen molar-refractivity contribution in [1.82, 2.24) is 5.32 Å². The maximum atomic E-state index is 12.2. The number of amides is 1. The van der Waals surface area contributed by atoms with Gasteiger partial charge in [0.05, 0.1) is 20.8 Å². The van der Waals surface area contributed by atoms with Crippen LogP contribution in [0.25, 0.3) is 6.08 Å². The quantitative estimate of drug-likeness (QED) is 0.461. The largest absolute Gasteiger partial charge is 0.504 e. The molecule has 0 atom stereocenters. The predicted octanol–water partition coefficient (Wildman–Crippen LogP) is 4.94. The number of nitrogens with zero attached hydrogens (tertiary/aromatic N) is 1. The van der Waals surface area contributed by atoms with E-state index in [2.05, 4.69) is 10.3 Å². The van der Waals surface area contributed by atoms with Gasteiger partial charge in [0.2, 0.25) is 0 Å². The van der Waals surface area contributed by atoms with E-state index >= 15 is 0 Å². The van der Waals surface area contributed by atoms with Gasteiger partial charge >= 0.3 is 0 Å². The van der Waals surface area contributed by atoms with Crippen molar-refractivity contribution in [3.05, 3.63) is 55.5 Å². The van der Waals surface area contributed by atoms with Crippen LogP contribution in [0.3, 0.4) is 0 Å². The van der Waals surface area contributed by atoms with Gasteiger partial charge in [-0.2, -0.15) is 0 Å². The number of phenols is 1. The summed E-state index contributed by atoms with van der Waals surface area (Å²) in [5, 5.41) is 13.8. The lowest BCUT2D eigenvalue weighted by atomic mass is 10.2. The molecule has 8 heteroatoms. The van der Waals surface area contributed by atoms with Gasteiger partial charge in [-0.3, -0.25) is 4.79 Å². The third-order valence-electron chi connectivity index (χ3n) is 3.34. The number of benzene rings is 2. The Labute approximate surface area is 173 Å². The van der Waals surface area contributed by atoms with Gasteiger partial charge in [0.1, 0.15) is 0 Å². The Bertz CT molecular complexity index is 931. The summed E-state index contributed by atoms with van der Waals surface area (Å²) < 4.78 is 6.08. The van der Waals surface area contributed by atoms with Crippen LogP contribution in [0.2, 0.25) is 5.02 Å². The summed E-state index contributed by atoms with van der Waals surface area (Å²) in [5.41, 5.74) is 1.43. The highest BCUT2D eigenvalue weighted by atomic mass is 127.